The number of hydrogen-bond acceptors (Lipinski definition) is 6. The molecule has 0 spiro atoms. The fraction of sp³-hybridized carbons (Fsp3) is 0.423. The molecule has 0 saturated carbocycles. The van der Waals surface area contributed by atoms with Crippen molar-refractivity contribution in [1.29, 1.82) is 0 Å². The van der Waals surface area contributed by atoms with Crippen LogP contribution in [0.1, 0.15) is 53.6 Å². The minimum atomic E-state index is -0.646. The summed E-state index contributed by atoms with van der Waals surface area (Å²) in [5.74, 6) is -1.24. The molecule has 0 radical (unpaired) electrons. The maximum Gasteiger partial charge on any atom is 0.255 e. The molecular weight excluding hydrogens is 453 g/mol. The molecule has 0 bridgehead atoms. The first-order valence-corrected chi connectivity index (χ1v) is 12.0. The second-order valence-corrected chi connectivity index (χ2v) is 9.40. The van der Waals surface area contributed by atoms with Gasteiger partial charge in [-0.15, -0.1) is 0 Å². The van der Waals surface area contributed by atoms with Gasteiger partial charge in [-0.25, -0.2) is 4.39 Å². The number of carbonyl (C=O) groups excluding carboxylic acids is 3. The van der Waals surface area contributed by atoms with Crippen LogP contribution < -0.4 is 10.1 Å². The minimum Gasteiger partial charge on any atom is -0.505 e. The van der Waals surface area contributed by atoms with E-state index in [9.17, 15) is 23.9 Å². The highest BCUT2D eigenvalue weighted by atomic mass is 19.1. The zero-order chi connectivity index (χ0) is 24.5. The van der Waals surface area contributed by atoms with E-state index >= 15 is 0 Å². The Labute approximate surface area is 202 Å². The van der Waals surface area contributed by atoms with Crippen LogP contribution in [0, 0.1) is 5.82 Å². The van der Waals surface area contributed by atoms with E-state index in [0.717, 1.165) is 31.4 Å². The smallest absolute Gasteiger partial charge is 0.255 e. The van der Waals surface area contributed by atoms with Crippen molar-refractivity contribution in [3.05, 3.63) is 58.9 Å². The van der Waals surface area contributed by atoms with Crippen LogP contribution in [0.4, 0.5) is 4.39 Å². The molecule has 35 heavy (non-hydrogen) atoms. The van der Waals surface area contributed by atoms with E-state index < -0.39 is 17.8 Å². The summed E-state index contributed by atoms with van der Waals surface area (Å²) in [6.45, 7) is 2.01. The number of nitrogens with zero attached hydrogens (tertiary/aromatic N) is 2. The Bertz CT molecular complexity index is 1170. The first-order valence-electron chi connectivity index (χ1n) is 12.0. The van der Waals surface area contributed by atoms with Gasteiger partial charge in [-0.05, 0) is 55.6 Å². The highest BCUT2D eigenvalue weighted by molar-refractivity contribution is 6.05. The number of nitrogens with one attached hydrogen (secondary N) is 1. The lowest BCUT2D eigenvalue weighted by Crippen LogP contribution is -2.52. The van der Waals surface area contributed by atoms with Gasteiger partial charge in [0.1, 0.15) is 18.4 Å². The van der Waals surface area contributed by atoms with Crippen LogP contribution in [0.25, 0.3) is 0 Å². The Morgan fingerprint density at radius 2 is 1.97 bits per heavy atom. The van der Waals surface area contributed by atoms with Crippen LogP contribution >= 0.6 is 0 Å². The van der Waals surface area contributed by atoms with Crippen molar-refractivity contribution in [2.45, 2.75) is 57.3 Å². The van der Waals surface area contributed by atoms with Gasteiger partial charge in [-0.1, -0.05) is 18.6 Å². The van der Waals surface area contributed by atoms with Gasteiger partial charge < -0.3 is 14.7 Å². The molecule has 3 aliphatic heterocycles. The summed E-state index contributed by atoms with van der Waals surface area (Å²) in [5, 5.41) is 12.4. The van der Waals surface area contributed by atoms with Crippen molar-refractivity contribution >= 4 is 17.7 Å². The van der Waals surface area contributed by atoms with Gasteiger partial charge in [-0.3, -0.25) is 24.6 Å². The largest absolute Gasteiger partial charge is 0.505 e. The topological polar surface area (TPSA) is 99.2 Å². The summed E-state index contributed by atoms with van der Waals surface area (Å²) in [5.41, 5.74) is 1.90. The number of hydrogen-bond donors (Lipinski definition) is 2. The van der Waals surface area contributed by atoms with Gasteiger partial charge in [0.15, 0.2) is 11.6 Å². The van der Waals surface area contributed by atoms with Crippen molar-refractivity contribution in [2.24, 2.45) is 0 Å². The molecule has 2 aromatic carbocycles. The number of rotatable bonds is 6. The molecule has 9 heteroatoms. The number of carbonyl (C=O) groups is 3. The summed E-state index contributed by atoms with van der Waals surface area (Å²) < 4.78 is 19.9. The number of likely N-dealkylation sites (tertiary alicyclic amines) is 1. The first kappa shape index (κ1) is 23.3. The van der Waals surface area contributed by atoms with Gasteiger partial charge in [0, 0.05) is 36.7 Å². The van der Waals surface area contributed by atoms with E-state index in [4.69, 9.17) is 4.74 Å². The van der Waals surface area contributed by atoms with E-state index in [0.29, 0.717) is 43.0 Å². The van der Waals surface area contributed by atoms with Gasteiger partial charge >= 0.3 is 0 Å². The molecule has 2 unspecified atom stereocenters. The molecule has 3 heterocycles. The lowest BCUT2D eigenvalue weighted by molar-refractivity contribution is -0.136. The Balaban J connectivity index is 1.24. The summed E-state index contributed by atoms with van der Waals surface area (Å²) in [7, 11) is 0. The number of para-hydroxylation sites is 1. The SMILES string of the molecule is O=C1CCC(N2Cc3cc(OCC4CCCCN4Cc4cccc(F)c4O)ccc3C2=O)C(=O)N1. The predicted molar refractivity (Wildman–Crippen MR) is 124 cm³/mol. The van der Waals surface area contributed by atoms with Crippen molar-refractivity contribution in [1.82, 2.24) is 15.1 Å². The van der Waals surface area contributed by atoms with E-state index in [2.05, 4.69) is 10.2 Å². The average molecular weight is 482 g/mol. The number of halogens is 1. The molecule has 8 nitrogen and oxygen atoms in total. The fourth-order valence-electron chi connectivity index (χ4n) is 5.20. The number of ether oxygens (including phenoxy) is 1. The second-order valence-electron chi connectivity index (χ2n) is 9.40. The number of phenolic OH excluding ortho intramolecular Hbond substituents is 1. The molecule has 0 aliphatic carbocycles. The Hall–Kier alpha value is -3.46. The predicted octanol–water partition coefficient (Wildman–Crippen LogP) is 2.73. The highest BCUT2D eigenvalue weighted by Crippen LogP contribution is 2.31. The first-order chi connectivity index (χ1) is 16.9. The van der Waals surface area contributed by atoms with Crippen LogP contribution in [0.3, 0.4) is 0 Å². The van der Waals surface area contributed by atoms with Crippen LogP contribution in [-0.4, -0.2) is 57.9 Å². The molecule has 3 aliphatic rings. The molecule has 2 saturated heterocycles. The second kappa shape index (κ2) is 9.65. The quantitative estimate of drug-likeness (QED) is 0.616. The third kappa shape index (κ3) is 4.73. The van der Waals surface area contributed by atoms with E-state index in [1.165, 1.54) is 11.0 Å². The minimum absolute atomic E-state index is 0.112. The normalized spacial score (nSPS) is 22.8. The number of imide groups is 1. The van der Waals surface area contributed by atoms with Gasteiger partial charge in [0.2, 0.25) is 11.8 Å². The Morgan fingerprint density at radius 1 is 1.11 bits per heavy atom. The van der Waals surface area contributed by atoms with Crippen LogP contribution in [0.15, 0.2) is 36.4 Å². The molecule has 2 N–H and O–H groups in total. The molecule has 0 aromatic heterocycles. The molecule has 2 aromatic rings. The standard InChI is InChI=1S/C26H28FN3O5/c27-21-6-3-4-16(24(21)32)13-29-11-2-1-5-18(29)15-35-19-7-8-20-17(12-19)14-30(26(20)34)22-9-10-23(31)28-25(22)33/h3-4,6-8,12,18,22,32H,1-2,5,9-11,13-15H2,(H,28,31,33). The summed E-state index contributed by atoms with van der Waals surface area (Å²) in [4.78, 5) is 40.3. The average Bonchev–Trinajstić information content (AvgIpc) is 3.17. The number of aromatic hydroxyl groups is 1. The van der Waals surface area contributed by atoms with Gasteiger partial charge in [0.25, 0.3) is 5.91 Å². The molecule has 184 valence electrons. The fourth-order valence-corrected chi connectivity index (χ4v) is 5.20. The molecule has 3 amide bonds. The highest BCUT2D eigenvalue weighted by Gasteiger charge is 2.39. The third-order valence-electron chi connectivity index (χ3n) is 7.13. The summed E-state index contributed by atoms with van der Waals surface area (Å²) in [6.07, 6.45) is 3.58. The molecular formula is C26H28FN3O5. The van der Waals surface area contributed by atoms with Crippen LogP contribution in [0.2, 0.25) is 0 Å². The van der Waals surface area contributed by atoms with Crippen LogP contribution in [-0.2, 0) is 22.7 Å². The summed E-state index contributed by atoms with van der Waals surface area (Å²) >= 11 is 0. The lowest BCUT2D eigenvalue weighted by Gasteiger charge is -2.35. The maximum absolute atomic E-state index is 13.8. The monoisotopic (exact) mass is 481 g/mol. The van der Waals surface area contributed by atoms with E-state index in [1.807, 2.05) is 6.07 Å². The van der Waals surface area contributed by atoms with Gasteiger partial charge in [0.05, 0.1) is 0 Å². The lowest BCUT2D eigenvalue weighted by atomic mass is 10.0. The molecule has 5 rings (SSSR count). The zero-order valence-electron chi connectivity index (χ0n) is 19.3. The van der Waals surface area contributed by atoms with Crippen molar-refractivity contribution in [3.63, 3.8) is 0 Å². The van der Waals surface area contributed by atoms with E-state index in [-0.39, 0.29) is 30.0 Å². The number of amides is 3. The number of fused-ring (bicyclic) bond motifs is 1. The number of benzene rings is 2. The number of phenols is 1. The number of piperidine rings is 2. The molecule has 2 atom stereocenters. The van der Waals surface area contributed by atoms with E-state index in [1.54, 1.807) is 24.3 Å². The van der Waals surface area contributed by atoms with Crippen molar-refractivity contribution < 1.29 is 28.6 Å². The Morgan fingerprint density at radius 3 is 2.80 bits per heavy atom. The zero-order valence-corrected chi connectivity index (χ0v) is 19.3. The summed E-state index contributed by atoms with van der Waals surface area (Å²) in [6, 6.07) is 9.37. The maximum atomic E-state index is 13.8. The molecule has 2 fully saturated rings. The van der Waals surface area contributed by atoms with Crippen LogP contribution in [0.5, 0.6) is 11.5 Å². The Kier molecular flexibility index (Phi) is 6.42. The van der Waals surface area contributed by atoms with Crippen molar-refractivity contribution in [2.75, 3.05) is 13.2 Å². The van der Waals surface area contributed by atoms with Crippen molar-refractivity contribution in [3.8, 4) is 11.5 Å². The third-order valence-corrected chi connectivity index (χ3v) is 7.13. The van der Waals surface area contributed by atoms with Gasteiger partial charge in [-0.2, -0.15) is 0 Å².